The number of rotatable bonds is 1. The van der Waals surface area contributed by atoms with Gasteiger partial charge in [-0.25, -0.2) is 4.98 Å². The van der Waals surface area contributed by atoms with E-state index in [1.807, 2.05) is 13.1 Å². The molecule has 2 heterocycles. The molecule has 0 bridgehead atoms. The summed E-state index contributed by atoms with van der Waals surface area (Å²) in [4.78, 5) is 20.0. The van der Waals surface area contributed by atoms with Crippen LogP contribution in [0.4, 0.5) is 0 Å². The molecule has 1 aromatic heterocycles. The highest BCUT2D eigenvalue weighted by Gasteiger charge is 2.21. The van der Waals surface area contributed by atoms with Gasteiger partial charge in [0.15, 0.2) is 0 Å². The van der Waals surface area contributed by atoms with Crippen LogP contribution in [0.2, 0.25) is 0 Å². The van der Waals surface area contributed by atoms with Crippen LogP contribution in [0, 0.1) is 5.92 Å². The maximum absolute atomic E-state index is 12.1. The number of hydrogen-bond donors (Lipinski definition) is 0. The molecule has 0 aliphatic carbocycles. The molecule has 15 heavy (non-hydrogen) atoms. The molecule has 0 saturated heterocycles. The molecule has 0 N–H and O–H groups in total. The Morgan fingerprint density at radius 1 is 1.60 bits per heavy atom. The van der Waals surface area contributed by atoms with Gasteiger partial charge >= 0.3 is 0 Å². The van der Waals surface area contributed by atoms with Crippen LogP contribution < -0.4 is 0 Å². The summed E-state index contributed by atoms with van der Waals surface area (Å²) in [5.41, 5.74) is 1.02. The first-order chi connectivity index (χ1) is 7.29. The van der Waals surface area contributed by atoms with Gasteiger partial charge in [0.25, 0.3) is 0 Å². The predicted molar refractivity (Wildman–Crippen MR) is 57.8 cm³/mol. The lowest BCUT2D eigenvalue weighted by Crippen LogP contribution is -2.21. The molecule has 0 amide bonds. The van der Waals surface area contributed by atoms with E-state index in [4.69, 9.17) is 0 Å². The first-order valence-electron chi connectivity index (χ1n) is 4.99. The molecule has 1 aliphatic rings. The lowest BCUT2D eigenvalue weighted by molar-refractivity contribution is 0.0851. The second kappa shape index (κ2) is 4.21. The fraction of sp³-hybridized carbons (Fsp3) is 0.364. The minimum Gasteiger partial charge on any atom is -0.276 e. The molecule has 0 radical (unpaired) electrons. The maximum Gasteiger partial charge on any atom is 0.239 e. The summed E-state index contributed by atoms with van der Waals surface area (Å²) < 4.78 is 1.54. The Labute approximate surface area is 88.4 Å². The highest BCUT2D eigenvalue weighted by molar-refractivity contribution is 5.84. The molecule has 78 valence electrons. The first-order valence-corrected chi connectivity index (χ1v) is 4.99. The zero-order valence-corrected chi connectivity index (χ0v) is 8.63. The number of aliphatic imine (C=N–C) groups is 1. The number of carbonyl (C=O) groups is 1. The number of hydrogen-bond acceptors (Lipinski definition) is 3. The highest BCUT2D eigenvalue weighted by atomic mass is 16.2. The lowest BCUT2D eigenvalue weighted by atomic mass is 9.95. The van der Waals surface area contributed by atoms with Gasteiger partial charge < -0.3 is 0 Å². The summed E-state index contributed by atoms with van der Waals surface area (Å²) in [6, 6.07) is 0. The molecule has 0 fully saturated rings. The van der Waals surface area contributed by atoms with E-state index < -0.39 is 0 Å². The molecular formula is C11H13N3O. The van der Waals surface area contributed by atoms with Crippen LogP contribution in [0.15, 0.2) is 35.5 Å². The number of aromatic nitrogens is 2. The Kier molecular flexibility index (Phi) is 2.76. The minimum atomic E-state index is -0.0679. The van der Waals surface area contributed by atoms with Gasteiger partial charge in [-0.2, -0.15) is 0 Å². The van der Waals surface area contributed by atoms with Crippen LogP contribution in [-0.2, 0) is 0 Å². The quantitative estimate of drug-likeness (QED) is 0.700. The average molecular weight is 203 g/mol. The molecular weight excluding hydrogens is 190 g/mol. The Bertz CT molecular complexity index is 403. The smallest absolute Gasteiger partial charge is 0.239 e. The van der Waals surface area contributed by atoms with Crippen molar-refractivity contribution in [2.45, 2.75) is 19.8 Å². The third-order valence-corrected chi connectivity index (χ3v) is 2.57. The van der Waals surface area contributed by atoms with Crippen molar-refractivity contribution >= 4 is 12.1 Å². The molecule has 0 aromatic carbocycles. The van der Waals surface area contributed by atoms with Gasteiger partial charge in [-0.05, 0) is 25.3 Å². The van der Waals surface area contributed by atoms with Gasteiger partial charge in [-0.3, -0.25) is 14.4 Å². The molecule has 4 nitrogen and oxygen atoms in total. The predicted octanol–water partition coefficient (Wildman–Crippen LogP) is 1.91. The Hall–Kier alpha value is -1.71. The third kappa shape index (κ3) is 2.03. The molecule has 2 rings (SSSR count). The summed E-state index contributed by atoms with van der Waals surface area (Å²) in [5, 5.41) is 0. The van der Waals surface area contributed by atoms with E-state index in [1.165, 1.54) is 4.57 Å². The summed E-state index contributed by atoms with van der Waals surface area (Å²) in [7, 11) is 0. The lowest BCUT2D eigenvalue weighted by Gasteiger charge is -2.13. The monoisotopic (exact) mass is 203 g/mol. The van der Waals surface area contributed by atoms with E-state index in [9.17, 15) is 4.79 Å². The zero-order valence-electron chi connectivity index (χ0n) is 8.63. The van der Waals surface area contributed by atoms with Crippen LogP contribution in [-0.4, -0.2) is 21.7 Å². The van der Waals surface area contributed by atoms with Gasteiger partial charge in [-0.15, -0.1) is 0 Å². The van der Waals surface area contributed by atoms with Gasteiger partial charge in [0.1, 0.15) is 6.33 Å². The second-order valence-corrected chi connectivity index (χ2v) is 3.64. The Balaban J connectivity index is 2.20. The van der Waals surface area contributed by atoms with Crippen molar-refractivity contribution in [2.75, 3.05) is 0 Å². The standard InChI is InChI=1S/C11H13N3O/c1-9-7-12-4-2-3-10(9)11(15)14-6-5-13-8-14/h4-8,10H,2-3H2,1H3. The zero-order chi connectivity index (χ0) is 10.7. The maximum atomic E-state index is 12.1. The van der Waals surface area contributed by atoms with Gasteiger partial charge in [0.2, 0.25) is 5.91 Å². The Morgan fingerprint density at radius 2 is 2.47 bits per heavy atom. The van der Waals surface area contributed by atoms with Crippen LogP contribution in [0.25, 0.3) is 0 Å². The third-order valence-electron chi connectivity index (χ3n) is 2.57. The fourth-order valence-corrected chi connectivity index (χ4v) is 1.69. The summed E-state index contributed by atoms with van der Waals surface area (Å²) in [6.07, 6.45) is 10.1. The van der Waals surface area contributed by atoms with Crippen LogP contribution in [0.3, 0.4) is 0 Å². The first kappa shape index (κ1) is 9.83. The van der Waals surface area contributed by atoms with Crippen molar-refractivity contribution in [1.82, 2.24) is 9.55 Å². The molecule has 1 unspecified atom stereocenters. The molecule has 1 atom stereocenters. The average Bonchev–Trinajstić information content (AvgIpc) is 2.68. The SMILES string of the molecule is CC1=CN=CCCC1C(=O)n1ccnc1. The van der Waals surface area contributed by atoms with Crippen molar-refractivity contribution in [2.24, 2.45) is 10.9 Å². The number of carbonyl (C=O) groups excluding carboxylic acids is 1. The van der Waals surface area contributed by atoms with Crippen molar-refractivity contribution in [3.63, 3.8) is 0 Å². The highest BCUT2D eigenvalue weighted by Crippen LogP contribution is 2.20. The molecule has 4 heteroatoms. The van der Waals surface area contributed by atoms with Gasteiger partial charge in [-0.1, -0.05) is 0 Å². The topological polar surface area (TPSA) is 47.2 Å². The summed E-state index contributed by atoms with van der Waals surface area (Å²) in [6.45, 7) is 1.95. The van der Waals surface area contributed by atoms with Crippen LogP contribution in [0.5, 0.6) is 0 Å². The van der Waals surface area contributed by atoms with Crippen molar-refractivity contribution in [3.05, 3.63) is 30.5 Å². The van der Waals surface area contributed by atoms with Crippen molar-refractivity contribution in [3.8, 4) is 0 Å². The van der Waals surface area contributed by atoms with Crippen molar-refractivity contribution < 1.29 is 4.79 Å². The number of imidazole rings is 1. The number of allylic oxidation sites excluding steroid dienone is 1. The molecule has 0 spiro atoms. The van der Waals surface area contributed by atoms with E-state index >= 15 is 0 Å². The van der Waals surface area contributed by atoms with E-state index in [1.54, 1.807) is 24.9 Å². The van der Waals surface area contributed by atoms with Crippen LogP contribution >= 0.6 is 0 Å². The van der Waals surface area contributed by atoms with E-state index in [2.05, 4.69) is 9.98 Å². The molecule has 1 aliphatic heterocycles. The van der Waals surface area contributed by atoms with Crippen LogP contribution in [0.1, 0.15) is 24.6 Å². The normalized spacial score (nSPS) is 20.9. The van der Waals surface area contributed by atoms with Gasteiger partial charge in [0, 0.05) is 24.8 Å². The van der Waals surface area contributed by atoms with Gasteiger partial charge in [0.05, 0.1) is 5.92 Å². The second-order valence-electron chi connectivity index (χ2n) is 3.64. The minimum absolute atomic E-state index is 0.0679. The molecule has 1 aromatic rings. The summed E-state index contributed by atoms with van der Waals surface area (Å²) in [5.74, 6) is 0.00782. The Morgan fingerprint density at radius 3 is 3.20 bits per heavy atom. The number of nitrogens with zero attached hydrogens (tertiary/aromatic N) is 3. The fourth-order valence-electron chi connectivity index (χ4n) is 1.69. The van der Waals surface area contributed by atoms with E-state index in [0.717, 1.165) is 18.4 Å². The largest absolute Gasteiger partial charge is 0.276 e. The van der Waals surface area contributed by atoms with E-state index in [-0.39, 0.29) is 11.8 Å². The summed E-state index contributed by atoms with van der Waals surface area (Å²) >= 11 is 0. The molecule has 0 saturated carbocycles. The van der Waals surface area contributed by atoms with Crippen molar-refractivity contribution in [1.29, 1.82) is 0 Å². The van der Waals surface area contributed by atoms with E-state index in [0.29, 0.717) is 0 Å².